The topological polar surface area (TPSA) is 12.5 Å². The van der Waals surface area contributed by atoms with Crippen molar-refractivity contribution < 1.29 is 4.84 Å². The number of hydrogen-bond donors (Lipinski definition) is 0. The largest absolute Gasteiger partial charge is 0.302 e. The van der Waals surface area contributed by atoms with Crippen molar-refractivity contribution in [2.45, 2.75) is 18.8 Å². The van der Waals surface area contributed by atoms with Crippen molar-refractivity contribution in [3.63, 3.8) is 0 Å². The number of piperidine rings is 1. The van der Waals surface area contributed by atoms with Crippen LogP contribution in [0.2, 0.25) is 5.02 Å². The Labute approximate surface area is 118 Å². The van der Waals surface area contributed by atoms with Gasteiger partial charge in [-0.25, -0.2) is 0 Å². The van der Waals surface area contributed by atoms with Gasteiger partial charge in [-0.15, -0.1) is 0 Å². The van der Waals surface area contributed by atoms with Crippen molar-refractivity contribution in [3.8, 4) is 0 Å². The average Bonchev–Trinajstić information content (AvgIpc) is 2.48. The zero-order valence-electron chi connectivity index (χ0n) is 11.1. The van der Waals surface area contributed by atoms with E-state index in [1.165, 1.54) is 10.9 Å². The van der Waals surface area contributed by atoms with Crippen LogP contribution in [0, 0.1) is 0 Å². The Bertz CT molecular complexity index is 576. The van der Waals surface area contributed by atoms with Gasteiger partial charge in [0.2, 0.25) is 0 Å². The molecule has 0 bridgehead atoms. The third-order valence-electron chi connectivity index (χ3n) is 4.05. The minimum atomic E-state index is 0.545. The Morgan fingerprint density at radius 2 is 1.84 bits per heavy atom. The van der Waals surface area contributed by atoms with E-state index in [0.717, 1.165) is 36.3 Å². The van der Waals surface area contributed by atoms with E-state index in [1.54, 1.807) is 7.11 Å². The molecule has 1 aliphatic rings. The van der Waals surface area contributed by atoms with Gasteiger partial charge in [-0.3, -0.25) is 0 Å². The Hall–Kier alpha value is -1.09. The van der Waals surface area contributed by atoms with Crippen LogP contribution < -0.4 is 0 Å². The van der Waals surface area contributed by atoms with Gasteiger partial charge in [-0.2, -0.15) is 5.06 Å². The lowest BCUT2D eigenvalue weighted by molar-refractivity contribution is -0.143. The molecule has 0 aromatic heterocycles. The summed E-state index contributed by atoms with van der Waals surface area (Å²) in [6.07, 6.45) is 2.21. The van der Waals surface area contributed by atoms with Gasteiger partial charge < -0.3 is 4.84 Å². The van der Waals surface area contributed by atoms with Crippen molar-refractivity contribution in [2.24, 2.45) is 0 Å². The molecule has 2 aromatic carbocycles. The predicted octanol–water partition coefficient (Wildman–Crippen LogP) is 4.23. The van der Waals surface area contributed by atoms with E-state index >= 15 is 0 Å². The van der Waals surface area contributed by atoms with Crippen LogP contribution in [0.4, 0.5) is 0 Å². The molecule has 0 atom stereocenters. The maximum Gasteiger partial charge on any atom is 0.0575 e. The second-order valence-corrected chi connectivity index (χ2v) is 5.45. The van der Waals surface area contributed by atoms with Crippen LogP contribution in [-0.2, 0) is 4.84 Å². The standard InChI is InChI=1S/C16H18ClNO/c1-19-18-10-8-13(9-11-18)15-7-6-12-4-2-3-5-14(12)16(15)17/h2-7,13H,8-11H2,1H3. The zero-order chi connectivity index (χ0) is 13.2. The van der Waals surface area contributed by atoms with Crippen LogP contribution in [0.25, 0.3) is 10.8 Å². The maximum absolute atomic E-state index is 6.60. The summed E-state index contributed by atoms with van der Waals surface area (Å²) in [5.41, 5.74) is 1.29. The van der Waals surface area contributed by atoms with E-state index in [1.807, 2.05) is 11.1 Å². The maximum atomic E-state index is 6.60. The van der Waals surface area contributed by atoms with E-state index in [0.29, 0.717) is 5.92 Å². The van der Waals surface area contributed by atoms with E-state index in [4.69, 9.17) is 16.4 Å². The first-order valence-electron chi connectivity index (χ1n) is 6.76. The van der Waals surface area contributed by atoms with Gasteiger partial charge >= 0.3 is 0 Å². The first-order valence-corrected chi connectivity index (χ1v) is 7.13. The lowest BCUT2D eigenvalue weighted by Gasteiger charge is -2.30. The first kappa shape index (κ1) is 12.9. The van der Waals surface area contributed by atoms with Crippen LogP contribution in [0.5, 0.6) is 0 Å². The number of rotatable bonds is 2. The Kier molecular flexibility index (Phi) is 3.74. The molecule has 0 radical (unpaired) electrons. The molecule has 0 spiro atoms. The van der Waals surface area contributed by atoms with Gasteiger partial charge in [0.25, 0.3) is 0 Å². The van der Waals surface area contributed by atoms with E-state index in [9.17, 15) is 0 Å². The lowest BCUT2D eigenvalue weighted by Crippen LogP contribution is -2.32. The van der Waals surface area contributed by atoms with Crippen molar-refractivity contribution in [2.75, 3.05) is 20.2 Å². The molecule has 0 unspecified atom stereocenters. The van der Waals surface area contributed by atoms with E-state index in [2.05, 4.69) is 30.3 Å². The lowest BCUT2D eigenvalue weighted by atomic mass is 9.88. The van der Waals surface area contributed by atoms with Crippen molar-refractivity contribution in [3.05, 3.63) is 47.0 Å². The molecule has 0 aliphatic carbocycles. The summed E-state index contributed by atoms with van der Waals surface area (Å²) in [6, 6.07) is 12.7. The summed E-state index contributed by atoms with van der Waals surface area (Å²) < 4.78 is 0. The molecule has 2 aromatic rings. The minimum absolute atomic E-state index is 0.545. The SMILES string of the molecule is CON1CCC(c2ccc3ccccc3c2Cl)CC1. The molecule has 1 aliphatic heterocycles. The molecular formula is C16H18ClNO. The van der Waals surface area contributed by atoms with Crippen LogP contribution in [0.3, 0.4) is 0 Å². The van der Waals surface area contributed by atoms with E-state index < -0.39 is 0 Å². The second kappa shape index (κ2) is 5.49. The quantitative estimate of drug-likeness (QED) is 0.813. The number of benzene rings is 2. The fraction of sp³-hybridized carbons (Fsp3) is 0.375. The second-order valence-electron chi connectivity index (χ2n) is 5.08. The number of fused-ring (bicyclic) bond motifs is 1. The molecule has 3 heteroatoms. The van der Waals surface area contributed by atoms with E-state index in [-0.39, 0.29) is 0 Å². The Morgan fingerprint density at radius 3 is 2.58 bits per heavy atom. The highest BCUT2D eigenvalue weighted by Gasteiger charge is 2.22. The normalized spacial score (nSPS) is 18.0. The number of hydrogen-bond acceptors (Lipinski definition) is 2. The highest BCUT2D eigenvalue weighted by molar-refractivity contribution is 6.36. The summed E-state index contributed by atoms with van der Waals surface area (Å²) in [7, 11) is 1.74. The highest BCUT2D eigenvalue weighted by Crippen LogP contribution is 2.36. The molecular weight excluding hydrogens is 258 g/mol. The van der Waals surface area contributed by atoms with Crippen molar-refractivity contribution in [1.82, 2.24) is 5.06 Å². The summed E-state index contributed by atoms with van der Waals surface area (Å²) in [4.78, 5) is 5.28. The molecule has 1 heterocycles. The molecule has 2 nitrogen and oxygen atoms in total. The molecule has 19 heavy (non-hydrogen) atoms. The summed E-state index contributed by atoms with van der Waals surface area (Å²) in [6.45, 7) is 1.95. The molecule has 0 N–H and O–H groups in total. The third kappa shape index (κ3) is 2.48. The van der Waals surface area contributed by atoms with Gasteiger partial charge in [-0.1, -0.05) is 48.0 Å². The third-order valence-corrected chi connectivity index (χ3v) is 4.47. The highest BCUT2D eigenvalue weighted by atomic mass is 35.5. The molecule has 1 saturated heterocycles. The van der Waals surface area contributed by atoms with Gasteiger partial charge in [0.05, 0.1) is 12.1 Å². The van der Waals surface area contributed by atoms with Crippen LogP contribution in [0.1, 0.15) is 24.3 Å². The molecule has 100 valence electrons. The first-order chi connectivity index (χ1) is 9.29. The Morgan fingerprint density at radius 1 is 1.11 bits per heavy atom. The van der Waals surface area contributed by atoms with Gasteiger partial charge in [0.1, 0.15) is 0 Å². The van der Waals surface area contributed by atoms with Crippen molar-refractivity contribution >= 4 is 22.4 Å². The summed E-state index contributed by atoms with van der Waals surface area (Å²) in [5.74, 6) is 0.545. The zero-order valence-corrected chi connectivity index (χ0v) is 11.9. The van der Waals surface area contributed by atoms with Gasteiger partial charge in [0, 0.05) is 18.5 Å². The van der Waals surface area contributed by atoms with Gasteiger partial charge in [0.15, 0.2) is 0 Å². The number of halogens is 1. The van der Waals surface area contributed by atoms with Gasteiger partial charge in [-0.05, 0) is 29.7 Å². The fourth-order valence-corrected chi connectivity index (χ4v) is 3.30. The number of nitrogens with zero attached hydrogens (tertiary/aromatic N) is 1. The van der Waals surface area contributed by atoms with Crippen molar-refractivity contribution in [1.29, 1.82) is 0 Å². The predicted molar refractivity (Wildman–Crippen MR) is 79.5 cm³/mol. The smallest absolute Gasteiger partial charge is 0.0575 e. The fourth-order valence-electron chi connectivity index (χ4n) is 2.92. The van der Waals surface area contributed by atoms with Crippen LogP contribution in [0.15, 0.2) is 36.4 Å². The summed E-state index contributed by atoms with van der Waals surface area (Å²) in [5, 5.41) is 5.32. The molecule has 0 saturated carbocycles. The van der Waals surface area contributed by atoms with Crippen LogP contribution >= 0.6 is 11.6 Å². The average molecular weight is 276 g/mol. The minimum Gasteiger partial charge on any atom is -0.302 e. The molecule has 1 fully saturated rings. The van der Waals surface area contributed by atoms with Crippen LogP contribution in [-0.4, -0.2) is 25.3 Å². The molecule has 0 amide bonds. The molecule has 3 rings (SSSR count). The Balaban J connectivity index is 1.91. The number of hydroxylamine groups is 2. The summed E-state index contributed by atoms with van der Waals surface area (Å²) >= 11 is 6.60. The monoisotopic (exact) mass is 275 g/mol.